The Kier molecular flexibility index (Phi) is 4.63. The summed E-state index contributed by atoms with van der Waals surface area (Å²) in [7, 11) is 0. The minimum Gasteiger partial charge on any atom is -0.334 e. The van der Waals surface area contributed by atoms with Gasteiger partial charge in [0.05, 0.1) is 5.69 Å². The van der Waals surface area contributed by atoms with Crippen LogP contribution in [-0.4, -0.2) is 27.5 Å². The van der Waals surface area contributed by atoms with Crippen LogP contribution < -0.4 is 0 Å². The van der Waals surface area contributed by atoms with E-state index in [1.165, 1.54) is 0 Å². The van der Waals surface area contributed by atoms with E-state index in [2.05, 4.69) is 10.2 Å². The van der Waals surface area contributed by atoms with Gasteiger partial charge in [-0.15, -0.1) is 0 Å². The number of rotatable bonds is 3. The van der Waals surface area contributed by atoms with E-state index >= 15 is 0 Å². The van der Waals surface area contributed by atoms with Crippen molar-refractivity contribution >= 4 is 17.5 Å². The molecule has 0 atom stereocenters. The van der Waals surface area contributed by atoms with Crippen molar-refractivity contribution in [3.05, 3.63) is 64.8 Å². The second kappa shape index (κ2) is 6.84. The summed E-state index contributed by atoms with van der Waals surface area (Å²) in [6.45, 7) is 3.18. The summed E-state index contributed by atoms with van der Waals surface area (Å²) < 4.78 is 0. The fraction of sp³-hybridized carbons (Fsp3) is 0.222. The zero-order chi connectivity index (χ0) is 16.2. The maximum Gasteiger partial charge on any atom is 0.246 e. The molecule has 0 radical (unpaired) electrons. The number of carbonyl (C=O) groups excluding carboxylic acids is 1. The molecule has 1 aromatic heterocycles. The molecular weight excluding hydrogens is 310 g/mol. The smallest absolute Gasteiger partial charge is 0.246 e. The first-order chi connectivity index (χ1) is 11.2. The van der Waals surface area contributed by atoms with Crippen LogP contribution in [0.4, 0.5) is 0 Å². The Morgan fingerprint density at radius 1 is 1.39 bits per heavy atom. The zero-order valence-electron chi connectivity index (χ0n) is 12.9. The highest BCUT2D eigenvalue weighted by molar-refractivity contribution is 6.30. The van der Waals surface area contributed by atoms with Gasteiger partial charge >= 0.3 is 0 Å². The van der Waals surface area contributed by atoms with Crippen LogP contribution in [0.25, 0.3) is 11.3 Å². The number of aromatic nitrogens is 2. The first-order valence-corrected chi connectivity index (χ1v) is 7.97. The number of halogens is 1. The lowest BCUT2D eigenvalue weighted by atomic mass is 10.0. The van der Waals surface area contributed by atoms with Gasteiger partial charge in [-0.05, 0) is 19.1 Å². The van der Waals surface area contributed by atoms with Crippen LogP contribution in [0.1, 0.15) is 18.2 Å². The molecule has 0 unspecified atom stereocenters. The summed E-state index contributed by atoms with van der Waals surface area (Å²) in [6.07, 6.45) is 7.90. The van der Waals surface area contributed by atoms with E-state index in [9.17, 15) is 4.79 Å². The van der Waals surface area contributed by atoms with E-state index in [0.717, 1.165) is 28.9 Å². The number of fused-ring (bicyclic) bond motifs is 1. The van der Waals surface area contributed by atoms with Gasteiger partial charge in [0.25, 0.3) is 0 Å². The second-order valence-electron chi connectivity index (χ2n) is 5.43. The number of benzene rings is 1. The van der Waals surface area contributed by atoms with Crippen LogP contribution in [-0.2, 0) is 17.8 Å². The molecule has 1 aromatic carbocycles. The number of nitrogens with one attached hydrogen (secondary N) is 1. The molecule has 1 N–H and O–H groups in total. The van der Waals surface area contributed by atoms with Crippen molar-refractivity contribution in [2.24, 2.45) is 0 Å². The normalized spacial score (nSPS) is 14.6. The molecule has 2 aromatic rings. The molecule has 0 fully saturated rings. The lowest BCUT2D eigenvalue weighted by Gasteiger charge is -2.26. The quantitative estimate of drug-likeness (QED) is 0.689. The number of aromatic amines is 1. The molecule has 3 rings (SSSR count). The summed E-state index contributed by atoms with van der Waals surface area (Å²) >= 11 is 6.08. The molecule has 1 amide bonds. The third-order valence-corrected chi connectivity index (χ3v) is 4.12. The lowest BCUT2D eigenvalue weighted by molar-refractivity contribution is -0.126. The van der Waals surface area contributed by atoms with Crippen molar-refractivity contribution in [2.45, 2.75) is 19.9 Å². The molecule has 1 aliphatic rings. The van der Waals surface area contributed by atoms with Gasteiger partial charge in [0.2, 0.25) is 5.91 Å². The summed E-state index contributed by atoms with van der Waals surface area (Å²) in [5, 5.41) is 8.20. The molecule has 1 aliphatic heterocycles. The molecule has 23 heavy (non-hydrogen) atoms. The number of nitrogens with zero attached hydrogens (tertiary/aromatic N) is 2. The third kappa shape index (κ3) is 3.37. The number of hydrogen-bond acceptors (Lipinski definition) is 2. The van der Waals surface area contributed by atoms with Crippen molar-refractivity contribution in [3.8, 4) is 11.3 Å². The SMILES string of the molecule is C/C=C/C=C/C(=O)N1CCc2[nH]nc(-c3cccc(Cl)c3)c2C1. The average Bonchev–Trinajstić information content (AvgIpc) is 2.98. The number of H-pyrrole nitrogens is 1. The molecule has 0 spiro atoms. The van der Waals surface area contributed by atoms with Crippen LogP contribution in [0.2, 0.25) is 5.02 Å². The predicted octanol–water partition coefficient (Wildman–Crippen LogP) is 3.75. The fourth-order valence-corrected chi connectivity index (χ4v) is 2.90. The monoisotopic (exact) mass is 327 g/mol. The maximum atomic E-state index is 12.3. The van der Waals surface area contributed by atoms with Gasteiger partial charge in [-0.25, -0.2) is 0 Å². The largest absolute Gasteiger partial charge is 0.334 e. The van der Waals surface area contributed by atoms with Crippen LogP contribution in [0.3, 0.4) is 0 Å². The molecular formula is C18H18ClN3O. The van der Waals surface area contributed by atoms with Crippen molar-refractivity contribution in [3.63, 3.8) is 0 Å². The molecule has 0 bridgehead atoms. The Hall–Kier alpha value is -2.33. The van der Waals surface area contributed by atoms with Gasteiger partial charge in [-0.2, -0.15) is 5.10 Å². The number of allylic oxidation sites excluding steroid dienone is 3. The number of carbonyl (C=O) groups is 1. The topological polar surface area (TPSA) is 49.0 Å². The van der Waals surface area contributed by atoms with Gasteiger partial charge in [0.15, 0.2) is 0 Å². The Morgan fingerprint density at radius 3 is 3.04 bits per heavy atom. The summed E-state index contributed by atoms with van der Waals surface area (Å²) in [6, 6.07) is 7.62. The van der Waals surface area contributed by atoms with E-state index in [4.69, 9.17) is 11.6 Å². The van der Waals surface area contributed by atoms with Gasteiger partial charge < -0.3 is 4.90 Å². The van der Waals surface area contributed by atoms with Crippen LogP contribution in [0.15, 0.2) is 48.6 Å². The Labute approximate surface area is 140 Å². The highest BCUT2D eigenvalue weighted by atomic mass is 35.5. The molecule has 0 saturated carbocycles. The van der Waals surface area contributed by atoms with E-state index in [1.807, 2.05) is 48.2 Å². The van der Waals surface area contributed by atoms with E-state index in [1.54, 1.807) is 12.2 Å². The molecule has 0 saturated heterocycles. The van der Waals surface area contributed by atoms with Gasteiger partial charge in [-0.3, -0.25) is 9.89 Å². The minimum atomic E-state index is 0.0204. The first kappa shape index (κ1) is 15.6. The summed E-state index contributed by atoms with van der Waals surface area (Å²) in [5.74, 6) is 0.0204. The molecule has 5 heteroatoms. The van der Waals surface area contributed by atoms with Crippen molar-refractivity contribution in [1.29, 1.82) is 0 Å². The van der Waals surface area contributed by atoms with Gasteiger partial charge in [-0.1, -0.05) is 42.0 Å². The Balaban J connectivity index is 1.85. The first-order valence-electron chi connectivity index (χ1n) is 7.59. The summed E-state index contributed by atoms with van der Waals surface area (Å²) in [5.41, 5.74) is 4.01. The van der Waals surface area contributed by atoms with E-state index < -0.39 is 0 Å². The standard InChI is InChI=1S/C18H18ClN3O/c1-2-3-4-8-17(23)22-10-9-16-15(12-22)18(21-20-16)13-6-5-7-14(19)11-13/h2-8,11H,9-10,12H2,1H3,(H,20,21)/b3-2+,8-4+. The van der Waals surface area contributed by atoms with E-state index in [0.29, 0.717) is 18.1 Å². The highest BCUT2D eigenvalue weighted by Gasteiger charge is 2.24. The predicted molar refractivity (Wildman–Crippen MR) is 92.1 cm³/mol. The maximum absolute atomic E-state index is 12.3. The van der Waals surface area contributed by atoms with Crippen LogP contribution in [0, 0.1) is 0 Å². The van der Waals surface area contributed by atoms with Crippen molar-refractivity contribution in [2.75, 3.05) is 6.54 Å². The zero-order valence-corrected chi connectivity index (χ0v) is 13.7. The van der Waals surface area contributed by atoms with Crippen LogP contribution in [0.5, 0.6) is 0 Å². The van der Waals surface area contributed by atoms with Gasteiger partial charge in [0, 0.05) is 47.4 Å². The van der Waals surface area contributed by atoms with E-state index in [-0.39, 0.29) is 5.91 Å². The number of hydrogen-bond donors (Lipinski definition) is 1. The Bertz CT molecular complexity index is 776. The second-order valence-corrected chi connectivity index (χ2v) is 5.87. The summed E-state index contributed by atoms with van der Waals surface area (Å²) in [4.78, 5) is 14.1. The Morgan fingerprint density at radius 2 is 2.26 bits per heavy atom. The minimum absolute atomic E-state index is 0.0204. The van der Waals surface area contributed by atoms with Gasteiger partial charge in [0.1, 0.15) is 0 Å². The average molecular weight is 328 g/mol. The van der Waals surface area contributed by atoms with Crippen LogP contribution >= 0.6 is 11.6 Å². The number of amides is 1. The molecule has 4 nitrogen and oxygen atoms in total. The molecule has 118 valence electrons. The molecule has 2 heterocycles. The highest BCUT2D eigenvalue weighted by Crippen LogP contribution is 2.29. The lowest BCUT2D eigenvalue weighted by Crippen LogP contribution is -2.34. The third-order valence-electron chi connectivity index (χ3n) is 3.89. The van der Waals surface area contributed by atoms with Crippen molar-refractivity contribution in [1.82, 2.24) is 15.1 Å². The molecule has 0 aliphatic carbocycles. The fourth-order valence-electron chi connectivity index (χ4n) is 2.71. The van der Waals surface area contributed by atoms with Crippen molar-refractivity contribution < 1.29 is 4.79 Å².